The second kappa shape index (κ2) is 2.12. The first-order valence-electron chi connectivity index (χ1n) is 3.07. The van der Waals surface area contributed by atoms with Crippen LogP contribution < -0.4 is 5.73 Å². The van der Waals surface area contributed by atoms with Gasteiger partial charge in [0.1, 0.15) is 17.8 Å². The van der Waals surface area contributed by atoms with Crippen molar-refractivity contribution >= 4 is 5.82 Å². The lowest BCUT2D eigenvalue weighted by Crippen LogP contribution is -1.93. The average molecular weight is 150 g/mol. The molecule has 0 aliphatic rings. The molecule has 0 amide bonds. The van der Waals surface area contributed by atoms with Gasteiger partial charge >= 0.3 is 0 Å². The summed E-state index contributed by atoms with van der Waals surface area (Å²) in [7, 11) is 0. The van der Waals surface area contributed by atoms with E-state index in [9.17, 15) is 0 Å². The summed E-state index contributed by atoms with van der Waals surface area (Å²) in [5, 5.41) is 7.48. The van der Waals surface area contributed by atoms with Gasteiger partial charge < -0.3 is 10.3 Å². The van der Waals surface area contributed by atoms with E-state index < -0.39 is 0 Å². The van der Waals surface area contributed by atoms with Crippen LogP contribution in [-0.4, -0.2) is 14.9 Å². The Morgan fingerprint density at radius 3 is 3.00 bits per heavy atom. The quantitative estimate of drug-likeness (QED) is 0.640. The summed E-state index contributed by atoms with van der Waals surface area (Å²) >= 11 is 0. The van der Waals surface area contributed by atoms with Crippen LogP contribution in [0.15, 0.2) is 29.2 Å². The number of nitrogens with two attached hydrogens (primary N) is 1. The number of nitrogens with zero attached hydrogens (tertiary/aromatic N) is 3. The summed E-state index contributed by atoms with van der Waals surface area (Å²) in [5.74, 6) is 0.478. The molecule has 0 radical (unpaired) electrons. The lowest BCUT2D eigenvalue weighted by Gasteiger charge is -1.90. The summed E-state index contributed by atoms with van der Waals surface area (Å²) in [6.45, 7) is 0. The molecule has 0 aromatic carbocycles. The Labute approximate surface area is 62.4 Å². The first kappa shape index (κ1) is 5.96. The molecule has 5 nitrogen and oxygen atoms in total. The topological polar surface area (TPSA) is 69.9 Å². The molecule has 0 atom stereocenters. The summed E-state index contributed by atoms with van der Waals surface area (Å²) in [4.78, 5) is 0. The molecule has 0 aliphatic heterocycles. The highest BCUT2D eigenvalue weighted by molar-refractivity contribution is 5.30. The number of anilines is 1. The summed E-state index contributed by atoms with van der Waals surface area (Å²) in [6.07, 6.45) is 4.79. The highest BCUT2D eigenvalue weighted by Gasteiger charge is 1.98. The van der Waals surface area contributed by atoms with Crippen LogP contribution in [0.5, 0.6) is 0 Å². The smallest absolute Gasteiger partial charge is 0.149 e. The van der Waals surface area contributed by atoms with Crippen molar-refractivity contribution in [2.24, 2.45) is 0 Å². The largest absolute Gasteiger partial charge is 0.382 e. The summed E-state index contributed by atoms with van der Waals surface area (Å²) in [5.41, 5.74) is 6.17. The van der Waals surface area contributed by atoms with E-state index in [1.54, 1.807) is 23.1 Å². The van der Waals surface area contributed by atoms with E-state index in [-0.39, 0.29) is 0 Å². The molecule has 0 spiro atoms. The van der Waals surface area contributed by atoms with Crippen molar-refractivity contribution in [3.05, 3.63) is 24.7 Å². The standard InChI is InChI=1S/C6H6N4O/c7-6-1-2-10(9-6)5-3-8-11-4-5/h1-4H,(H2,7,9). The lowest BCUT2D eigenvalue weighted by molar-refractivity contribution is 0.419. The Hall–Kier alpha value is -1.78. The minimum Gasteiger partial charge on any atom is -0.382 e. The van der Waals surface area contributed by atoms with Crippen LogP contribution in [0.25, 0.3) is 5.69 Å². The van der Waals surface area contributed by atoms with E-state index in [0.717, 1.165) is 5.69 Å². The Morgan fingerprint density at radius 1 is 1.55 bits per heavy atom. The van der Waals surface area contributed by atoms with Crippen molar-refractivity contribution < 1.29 is 4.52 Å². The van der Waals surface area contributed by atoms with Gasteiger partial charge in [-0.25, -0.2) is 4.68 Å². The first-order valence-corrected chi connectivity index (χ1v) is 3.07. The maximum absolute atomic E-state index is 5.40. The van der Waals surface area contributed by atoms with Crippen molar-refractivity contribution in [1.29, 1.82) is 0 Å². The van der Waals surface area contributed by atoms with Gasteiger partial charge in [-0.2, -0.15) is 5.10 Å². The van der Waals surface area contributed by atoms with Crippen LogP contribution >= 0.6 is 0 Å². The van der Waals surface area contributed by atoms with E-state index >= 15 is 0 Å². The molecule has 56 valence electrons. The number of nitrogen functional groups attached to an aromatic ring is 1. The number of aromatic nitrogens is 3. The van der Waals surface area contributed by atoms with Crippen molar-refractivity contribution in [1.82, 2.24) is 14.9 Å². The van der Waals surface area contributed by atoms with Crippen LogP contribution in [-0.2, 0) is 0 Å². The van der Waals surface area contributed by atoms with E-state index in [4.69, 9.17) is 5.73 Å². The first-order chi connectivity index (χ1) is 5.36. The van der Waals surface area contributed by atoms with Crippen LogP contribution in [0.1, 0.15) is 0 Å². The van der Waals surface area contributed by atoms with E-state index in [1.807, 2.05) is 0 Å². The molecule has 0 bridgehead atoms. The van der Waals surface area contributed by atoms with Gasteiger partial charge in [-0.15, -0.1) is 0 Å². The Morgan fingerprint density at radius 2 is 2.45 bits per heavy atom. The average Bonchev–Trinajstić information content (AvgIpc) is 2.55. The molecule has 2 rings (SSSR count). The second-order valence-corrected chi connectivity index (χ2v) is 2.07. The van der Waals surface area contributed by atoms with Crippen LogP contribution in [0.2, 0.25) is 0 Å². The third-order valence-electron chi connectivity index (χ3n) is 1.29. The van der Waals surface area contributed by atoms with Gasteiger partial charge in [0, 0.05) is 12.3 Å². The minimum atomic E-state index is 0.478. The normalized spacial score (nSPS) is 10.2. The molecule has 2 aromatic heterocycles. The molecule has 5 heteroatoms. The van der Waals surface area contributed by atoms with Gasteiger partial charge in [0.15, 0.2) is 0 Å². The molecule has 2 aromatic rings. The van der Waals surface area contributed by atoms with Gasteiger partial charge in [-0.05, 0) is 0 Å². The Bertz CT molecular complexity index is 337. The molecular weight excluding hydrogens is 144 g/mol. The van der Waals surface area contributed by atoms with E-state index in [0.29, 0.717) is 5.82 Å². The van der Waals surface area contributed by atoms with Crippen LogP contribution in [0.4, 0.5) is 5.82 Å². The fourth-order valence-corrected chi connectivity index (χ4v) is 0.794. The van der Waals surface area contributed by atoms with Crippen molar-refractivity contribution in [3.8, 4) is 5.69 Å². The van der Waals surface area contributed by atoms with Crippen molar-refractivity contribution in [2.45, 2.75) is 0 Å². The highest BCUT2D eigenvalue weighted by Crippen LogP contribution is 2.05. The molecule has 0 aliphatic carbocycles. The minimum absolute atomic E-state index is 0.478. The van der Waals surface area contributed by atoms with Gasteiger partial charge in [-0.1, -0.05) is 5.16 Å². The lowest BCUT2D eigenvalue weighted by atomic mass is 10.6. The number of hydrogen-bond donors (Lipinski definition) is 1. The molecule has 2 N–H and O–H groups in total. The molecular formula is C6H6N4O. The Kier molecular flexibility index (Phi) is 1.15. The summed E-state index contributed by atoms with van der Waals surface area (Å²) in [6, 6.07) is 1.70. The SMILES string of the molecule is Nc1ccn(-c2cnoc2)n1. The maximum atomic E-state index is 5.40. The highest BCUT2D eigenvalue weighted by atomic mass is 16.5. The third kappa shape index (κ3) is 0.958. The predicted octanol–water partition coefficient (Wildman–Crippen LogP) is 0.442. The number of rotatable bonds is 1. The van der Waals surface area contributed by atoms with Gasteiger partial charge in [0.25, 0.3) is 0 Å². The fourth-order valence-electron chi connectivity index (χ4n) is 0.794. The van der Waals surface area contributed by atoms with Crippen molar-refractivity contribution in [2.75, 3.05) is 5.73 Å². The van der Waals surface area contributed by atoms with Gasteiger partial charge in [-0.3, -0.25) is 0 Å². The number of hydrogen-bond acceptors (Lipinski definition) is 4. The third-order valence-corrected chi connectivity index (χ3v) is 1.29. The van der Waals surface area contributed by atoms with Gasteiger partial charge in [0.05, 0.1) is 6.20 Å². The second-order valence-electron chi connectivity index (χ2n) is 2.07. The molecule has 0 unspecified atom stereocenters. The molecule has 2 heterocycles. The summed E-state index contributed by atoms with van der Waals surface area (Å²) < 4.78 is 6.22. The van der Waals surface area contributed by atoms with Crippen molar-refractivity contribution in [3.63, 3.8) is 0 Å². The zero-order chi connectivity index (χ0) is 7.68. The zero-order valence-electron chi connectivity index (χ0n) is 5.64. The van der Waals surface area contributed by atoms with Gasteiger partial charge in [0.2, 0.25) is 0 Å². The molecule has 0 fully saturated rings. The van der Waals surface area contributed by atoms with Crippen LogP contribution in [0, 0.1) is 0 Å². The molecule has 0 saturated carbocycles. The van der Waals surface area contributed by atoms with Crippen LogP contribution in [0.3, 0.4) is 0 Å². The van der Waals surface area contributed by atoms with E-state index in [2.05, 4.69) is 14.8 Å². The Balaban J connectivity index is 2.45. The van der Waals surface area contributed by atoms with E-state index in [1.165, 1.54) is 6.26 Å². The monoisotopic (exact) mass is 150 g/mol. The molecule has 0 saturated heterocycles. The predicted molar refractivity (Wildman–Crippen MR) is 38.0 cm³/mol. The zero-order valence-corrected chi connectivity index (χ0v) is 5.64. The maximum Gasteiger partial charge on any atom is 0.149 e. The fraction of sp³-hybridized carbons (Fsp3) is 0. The molecule has 11 heavy (non-hydrogen) atoms.